The predicted octanol–water partition coefficient (Wildman–Crippen LogP) is 3.12. The van der Waals surface area contributed by atoms with Crippen molar-refractivity contribution in [1.29, 1.82) is 0 Å². The molecule has 0 atom stereocenters. The lowest BCUT2D eigenvalue weighted by Gasteiger charge is -2.13. The summed E-state index contributed by atoms with van der Waals surface area (Å²) in [6.45, 7) is 7.04. The fourth-order valence-corrected chi connectivity index (χ4v) is 4.03. The summed E-state index contributed by atoms with van der Waals surface area (Å²) in [5.74, 6) is 1.73. The Morgan fingerprint density at radius 2 is 2.14 bits per heavy atom. The Balaban J connectivity index is 1.70. The summed E-state index contributed by atoms with van der Waals surface area (Å²) >= 11 is 3.44. The van der Waals surface area contributed by atoms with Crippen LogP contribution < -0.4 is 5.73 Å². The highest BCUT2D eigenvalue weighted by Gasteiger charge is 2.29. The van der Waals surface area contributed by atoms with Crippen LogP contribution in [0.1, 0.15) is 56.2 Å². The van der Waals surface area contributed by atoms with E-state index in [-0.39, 0.29) is 5.41 Å². The van der Waals surface area contributed by atoms with Crippen molar-refractivity contribution in [2.45, 2.75) is 62.5 Å². The van der Waals surface area contributed by atoms with E-state index in [1.54, 1.807) is 23.1 Å². The first-order valence-electron chi connectivity index (χ1n) is 7.20. The number of rotatable bonds is 5. The van der Waals surface area contributed by atoms with Crippen LogP contribution in [0.5, 0.6) is 0 Å². The lowest BCUT2D eigenvalue weighted by Crippen LogP contribution is -2.10. The van der Waals surface area contributed by atoms with E-state index < -0.39 is 0 Å². The van der Waals surface area contributed by atoms with E-state index >= 15 is 0 Å². The number of thioether (sulfide) groups is 1. The Kier molecular flexibility index (Phi) is 4.07. The molecule has 0 aromatic carbocycles. The van der Waals surface area contributed by atoms with Gasteiger partial charge >= 0.3 is 0 Å². The molecular formula is C14H21N5S2. The molecule has 0 saturated heterocycles. The van der Waals surface area contributed by atoms with Gasteiger partial charge in [0.2, 0.25) is 0 Å². The zero-order valence-corrected chi connectivity index (χ0v) is 14.3. The zero-order chi connectivity index (χ0) is 15.0. The van der Waals surface area contributed by atoms with E-state index in [1.165, 1.54) is 17.8 Å². The fraction of sp³-hybridized carbons (Fsp3) is 0.643. The summed E-state index contributed by atoms with van der Waals surface area (Å²) in [6.07, 6.45) is 2.42. The van der Waals surface area contributed by atoms with Gasteiger partial charge in [-0.25, -0.2) is 4.98 Å². The first-order chi connectivity index (χ1) is 9.99. The number of hydrogen-bond donors (Lipinski definition) is 1. The molecule has 0 aliphatic heterocycles. The monoisotopic (exact) mass is 323 g/mol. The molecule has 1 aliphatic rings. The quantitative estimate of drug-likeness (QED) is 0.856. The van der Waals surface area contributed by atoms with Crippen molar-refractivity contribution in [2.24, 2.45) is 5.73 Å². The molecule has 21 heavy (non-hydrogen) atoms. The standard InChI is InChI=1S/C14H21N5S2/c1-14(2,3)12-16-9(7-20-12)8-21-13-18-17-11(6-15)19(13)10-4-5-10/h7,10H,4-6,8,15H2,1-3H3. The maximum absolute atomic E-state index is 5.74. The maximum Gasteiger partial charge on any atom is 0.191 e. The minimum atomic E-state index is 0.119. The zero-order valence-electron chi connectivity index (χ0n) is 12.7. The number of hydrogen-bond acceptors (Lipinski definition) is 6. The number of nitrogens with two attached hydrogens (primary N) is 1. The minimum Gasteiger partial charge on any atom is -0.324 e. The minimum absolute atomic E-state index is 0.119. The van der Waals surface area contributed by atoms with Crippen LogP contribution in [0.25, 0.3) is 0 Å². The average molecular weight is 323 g/mol. The van der Waals surface area contributed by atoms with Crippen LogP contribution in [0, 0.1) is 0 Å². The predicted molar refractivity (Wildman–Crippen MR) is 86.6 cm³/mol. The lowest BCUT2D eigenvalue weighted by molar-refractivity contribution is 0.584. The second-order valence-corrected chi connectivity index (χ2v) is 8.19. The fourth-order valence-electron chi connectivity index (χ4n) is 2.10. The number of nitrogens with zero attached hydrogens (tertiary/aromatic N) is 4. The molecule has 2 N–H and O–H groups in total. The molecule has 1 fully saturated rings. The molecule has 0 radical (unpaired) electrons. The molecule has 114 valence electrons. The van der Waals surface area contributed by atoms with E-state index in [2.05, 4.69) is 40.9 Å². The summed E-state index contributed by atoms with van der Waals surface area (Å²) in [5, 5.41) is 12.8. The van der Waals surface area contributed by atoms with Gasteiger partial charge in [0, 0.05) is 22.6 Å². The SMILES string of the molecule is CC(C)(C)c1nc(CSc2nnc(CN)n2C2CC2)cs1. The molecule has 2 aromatic heterocycles. The Morgan fingerprint density at radius 3 is 2.71 bits per heavy atom. The Labute approximate surface area is 133 Å². The largest absolute Gasteiger partial charge is 0.324 e. The number of thiazole rings is 1. The molecule has 0 bridgehead atoms. The van der Waals surface area contributed by atoms with E-state index in [0.717, 1.165) is 22.4 Å². The molecule has 2 aromatic rings. The van der Waals surface area contributed by atoms with Crippen LogP contribution in [0.2, 0.25) is 0 Å². The maximum atomic E-state index is 5.74. The third-order valence-corrected chi connectivity index (χ3v) is 5.67. The molecule has 3 rings (SSSR count). The van der Waals surface area contributed by atoms with Crippen LogP contribution in [-0.2, 0) is 17.7 Å². The van der Waals surface area contributed by atoms with Crippen LogP contribution in [0.15, 0.2) is 10.5 Å². The molecular weight excluding hydrogens is 302 g/mol. The Hall–Kier alpha value is -0.920. The van der Waals surface area contributed by atoms with Gasteiger partial charge in [-0.15, -0.1) is 21.5 Å². The highest BCUT2D eigenvalue weighted by atomic mass is 32.2. The molecule has 7 heteroatoms. The van der Waals surface area contributed by atoms with Gasteiger partial charge in [-0.3, -0.25) is 0 Å². The second kappa shape index (κ2) is 5.70. The first kappa shape index (κ1) is 15.0. The normalized spacial score (nSPS) is 15.6. The van der Waals surface area contributed by atoms with Crippen LogP contribution in [-0.4, -0.2) is 19.7 Å². The lowest BCUT2D eigenvalue weighted by atomic mass is 9.98. The Bertz CT molecular complexity index is 622. The Morgan fingerprint density at radius 1 is 1.38 bits per heavy atom. The van der Waals surface area contributed by atoms with Gasteiger partial charge < -0.3 is 10.3 Å². The van der Waals surface area contributed by atoms with E-state index in [4.69, 9.17) is 10.7 Å². The first-order valence-corrected chi connectivity index (χ1v) is 9.07. The third kappa shape index (κ3) is 3.30. The summed E-state index contributed by atoms with van der Waals surface area (Å²) < 4.78 is 2.21. The van der Waals surface area contributed by atoms with Crippen LogP contribution in [0.4, 0.5) is 0 Å². The molecule has 0 amide bonds. The molecule has 5 nitrogen and oxygen atoms in total. The van der Waals surface area contributed by atoms with Crippen LogP contribution in [0.3, 0.4) is 0 Å². The van der Waals surface area contributed by atoms with Crippen molar-refractivity contribution in [3.63, 3.8) is 0 Å². The average Bonchev–Trinajstić information content (AvgIpc) is 3.01. The van der Waals surface area contributed by atoms with Crippen LogP contribution >= 0.6 is 23.1 Å². The van der Waals surface area contributed by atoms with E-state index in [9.17, 15) is 0 Å². The van der Waals surface area contributed by atoms with Gasteiger partial charge in [0.25, 0.3) is 0 Å². The van der Waals surface area contributed by atoms with Gasteiger partial charge in [-0.2, -0.15) is 0 Å². The van der Waals surface area contributed by atoms with Crippen molar-refractivity contribution < 1.29 is 0 Å². The van der Waals surface area contributed by atoms with Gasteiger partial charge in [0.15, 0.2) is 5.16 Å². The van der Waals surface area contributed by atoms with Gasteiger partial charge in [0.1, 0.15) is 5.82 Å². The van der Waals surface area contributed by atoms with Crippen molar-refractivity contribution in [3.8, 4) is 0 Å². The van der Waals surface area contributed by atoms with Crippen molar-refractivity contribution in [1.82, 2.24) is 19.7 Å². The van der Waals surface area contributed by atoms with Crippen molar-refractivity contribution >= 4 is 23.1 Å². The molecule has 1 saturated carbocycles. The summed E-state index contributed by atoms with van der Waals surface area (Å²) in [5.41, 5.74) is 6.98. The summed E-state index contributed by atoms with van der Waals surface area (Å²) in [6, 6.07) is 0.557. The van der Waals surface area contributed by atoms with Crippen molar-refractivity contribution in [3.05, 3.63) is 21.9 Å². The summed E-state index contributed by atoms with van der Waals surface area (Å²) in [4.78, 5) is 4.73. The topological polar surface area (TPSA) is 69.6 Å². The van der Waals surface area contributed by atoms with E-state index in [0.29, 0.717) is 12.6 Å². The molecule has 0 spiro atoms. The second-order valence-electron chi connectivity index (χ2n) is 6.39. The summed E-state index contributed by atoms with van der Waals surface area (Å²) in [7, 11) is 0. The van der Waals surface area contributed by atoms with Gasteiger partial charge in [-0.1, -0.05) is 32.5 Å². The number of aromatic nitrogens is 4. The molecule has 2 heterocycles. The van der Waals surface area contributed by atoms with Gasteiger partial charge in [0.05, 0.1) is 17.2 Å². The molecule has 0 unspecified atom stereocenters. The third-order valence-electron chi connectivity index (χ3n) is 3.37. The van der Waals surface area contributed by atoms with E-state index in [1.807, 2.05) is 0 Å². The smallest absolute Gasteiger partial charge is 0.191 e. The van der Waals surface area contributed by atoms with Crippen molar-refractivity contribution in [2.75, 3.05) is 0 Å². The molecule has 1 aliphatic carbocycles. The van der Waals surface area contributed by atoms with Gasteiger partial charge in [-0.05, 0) is 12.8 Å². The highest BCUT2D eigenvalue weighted by molar-refractivity contribution is 7.98. The highest BCUT2D eigenvalue weighted by Crippen LogP contribution is 2.39.